The third-order valence-electron chi connectivity index (χ3n) is 3.46. The highest BCUT2D eigenvalue weighted by molar-refractivity contribution is 7.09. The third kappa shape index (κ3) is 2.58. The molecule has 1 N–H and O–H groups in total. The minimum atomic E-state index is 0.838. The molecule has 3 heteroatoms. The van der Waals surface area contributed by atoms with E-state index < -0.39 is 0 Å². The van der Waals surface area contributed by atoms with Crippen molar-refractivity contribution in [1.29, 1.82) is 0 Å². The lowest BCUT2D eigenvalue weighted by atomic mass is 10.1. The zero-order valence-electron chi connectivity index (χ0n) is 8.98. The first-order chi connectivity index (χ1) is 7.43. The fraction of sp³-hybridized carbons (Fsp3) is 0.750. The molecule has 1 aromatic heterocycles. The van der Waals surface area contributed by atoms with Crippen LogP contribution in [0.3, 0.4) is 0 Å². The van der Waals surface area contributed by atoms with E-state index in [-0.39, 0.29) is 0 Å². The second-order valence-corrected chi connectivity index (χ2v) is 5.81. The Morgan fingerprint density at radius 3 is 2.60 bits per heavy atom. The van der Waals surface area contributed by atoms with Crippen molar-refractivity contribution in [2.45, 2.75) is 38.1 Å². The second-order valence-electron chi connectivity index (χ2n) is 4.83. The van der Waals surface area contributed by atoms with Gasteiger partial charge in [0.2, 0.25) is 0 Å². The van der Waals surface area contributed by atoms with Crippen molar-refractivity contribution >= 4 is 11.3 Å². The lowest BCUT2D eigenvalue weighted by Crippen LogP contribution is -2.34. The van der Waals surface area contributed by atoms with E-state index in [2.05, 4.69) is 15.7 Å². The molecular weight excluding hydrogens is 204 g/mol. The van der Waals surface area contributed by atoms with Gasteiger partial charge in [-0.25, -0.2) is 4.98 Å². The van der Waals surface area contributed by atoms with Crippen molar-refractivity contribution in [1.82, 2.24) is 10.3 Å². The van der Waals surface area contributed by atoms with Crippen LogP contribution in [-0.2, 0) is 6.42 Å². The van der Waals surface area contributed by atoms with E-state index >= 15 is 0 Å². The van der Waals surface area contributed by atoms with Gasteiger partial charge < -0.3 is 5.32 Å². The summed E-state index contributed by atoms with van der Waals surface area (Å²) >= 11 is 1.77. The Balaban J connectivity index is 1.44. The van der Waals surface area contributed by atoms with Crippen LogP contribution in [0.25, 0.3) is 0 Å². The maximum absolute atomic E-state index is 4.31. The molecule has 0 amide bonds. The highest BCUT2D eigenvalue weighted by Gasteiger charge is 2.40. The summed E-state index contributed by atoms with van der Waals surface area (Å²) in [4.78, 5) is 4.31. The maximum atomic E-state index is 4.31. The van der Waals surface area contributed by atoms with Gasteiger partial charge in [-0.1, -0.05) is 0 Å². The monoisotopic (exact) mass is 222 g/mol. The van der Waals surface area contributed by atoms with Crippen molar-refractivity contribution in [3.8, 4) is 0 Å². The number of rotatable bonds is 6. The molecule has 82 valence electrons. The Kier molecular flexibility index (Phi) is 2.76. The largest absolute Gasteiger partial charge is 0.313 e. The van der Waals surface area contributed by atoms with E-state index in [0.717, 1.165) is 30.8 Å². The van der Waals surface area contributed by atoms with Crippen molar-refractivity contribution in [2.24, 2.45) is 11.8 Å². The van der Waals surface area contributed by atoms with Crippen LogP contribution in [-0.4, -0.2) is 17.6 Å². The molecule has 0 aliphatic heterocycles. The van der Waals surface area contributed by atoms with Crippen molar-refractivity contribution in [2.75, 3.05) is 6.54 Å². The molecule has 2 nitrogen and oxygen atoms in total. The van der Waals surface area contributed by atoms with Crippen LogP contribution < -0.4 is 5.32 Å². The molecule has 15 heavy (non-hydrogen) atoms. The van der Waals surface area contributed by atoms with Crippen LogP contribution in [0.1, 0.15) is 30.7 Å². The summed E-state index contributed by atoms with van der Waals surface area (Å²) in [6, 6.07) is 0.838. The van der Waals surface area contributed by atoms with Crippen LogP contribution in [0.4, 0.5) is 0 Å². The third-order valence-corrected chi connectivity index (χ3v) is 4.30. The molecule has 2 fully saturated rings. The van der Waals surface area contributed by atoms with Crippen LogP contribution in [0.5, 0.6) is 0 Å². The van der Waals surface area contributed by atoms with Crippen molar-refractivity contribution < 1.29 is 0 Å². The smallest absolute Gasteiger partial charge is 0.0937 e. The minimum Gasteiger partial charge on any atom is -0.313 e. The molecule has 2 saturated carbocycles. The highest BCUT2D eigenvalue weighted by Crippen LogP contribution is 2.44. The summed E-state index contributed by atoms with van der Waals surface area (Å²) in [6.07, 6.45) is 8.86. The molecule has 0 aromatic carbocycles. The summed E-state index contributed by atoms with van der Waals surface area (Å²) in [6.45, 7) is 1.12. The van der Waals surface area contributed by atoms with Gasteiger partial charge in [-0.2, -0.15) is 0 Å². The molecule has 1 heterocycles. The molecule has 0 bridgehead atoms. The highest BCUT2D eigenvalue weighted by atomic mass is 32.1. The van der Waals surface area contributed by atoms with Crippen molar-refractivity contribution in [3.63, 3.8) is 0 Å². The Labute approximate surface area is 95.1 Å². The Morgan fingerprint density at radius 2 is 2.07 bits per heavy atom. The van der Waals surface area contributed by atoms with Gasteiger partial charge in [0.05, 0.1) is 5.01 Å². The number of hydrogen-bond acceptors (Lipinski definition) is 3. The minimum absolute atomic E-state index is 0.838. The Bertz CT molecular complexity index is 289. The van der Waals surface area contributed by atoms with E-state index in [1.807, 2.05) is 6.20 Å². The van der Waals surface area contributed by atoms with Gasteiger partial charge in [0.1, 0.15) is 0 Å². The molecule has 0 radical (unpaired) electrons. The molecule has 2 aliphatic carbocycles. The molecule has 3 rings (SSSR count). The van der Waals surface area contributed by atoms with Crippen molar-refractivity contribution in [3.05, 3.63) is 16.6 Å². The summed E-state index contributed by atoms with van der Waals surface area (Å²) in [5, 5.41) is 7.08. The first-order valence-electron chi connectivity index (χ1n) is 6.05. The predicted octanol–water partition coefficient (Wildman–Crippen LogP) is 2.46. The Morgan fingerprint density at radius 1 is 1.33 bits per heavy atom. The maximum Gasteiger partial charge on any atom is 0.0937 e. The van der Waals surface area contributed by atoms with Gasteiger partial charge in [-0.3, -0.25) is 0 Å². The van der Waals surface area contributed by atoms with Gasteiger partial charge in [-0.15, -0.1) is 11.3 Å². The molecule has 1 aromatic rings. The van der Waals surface area contributed by atoms with E-state index in [1.165, 1.54) is 30.7 Å². The Hall–Kier alpha value is -0.410. The average molecular weight is 222 g/mol. The summed E-state index contributed by atoms with van der Waals surface area (Å²) in [7, 11) is 0. The lowest BCUT2D eigenvalue weighted by Gasteiger charge is -2.16. The number of nitrogens with zero attached hydrogens (tertiary/aromatic N) is 1. The fourth-order valence-corrected chi connectivity index (χ4v) is 2.97. The molecule has 0 atom stereocenters. The topological polar surface area (TPSA) is 24.9 Å². The summed E-state index contributed by atoms with van der Waals surface area (Å²) in [5.74, 6) is 2.02. The van der Waals surface area contributed by atoms with E-state index in [9.17, 15) is 0 Å². The zero-order chi connectivity index (χ0) is 10.1. The van der Waals surface area contributed by atoms with E-state index in [4.69, 9.17) is 0 Å². The molecule has 2 aliphatic rings. The van der Waals surface area contributed by atoms with Crippen LogP contribution in [0, 0.1) is 11.8 Å². The first-order valence-corrected chi connectivity index (χ1v) is 6.93. The first kappa shape index (κ1) is 9.79. The lowest BCUT2D eigenvalue weighted by molar-refractivity contribution is 0.420. The molecule has 0 unspecified atom stereocenters. The van der Waals surface area contributed by atoms with Crippen LogP contribution >= 0.6 is 11.3 Å². The second kappa shape index (κ2) is 4.22. The van der Waals surface area contributed by atoms with Gasteiger partial charge in [0, 0.05) is 30.6 Å². The zero-order valence-corrected chi connectivity index (χ0v) is 9.80. The SMILES string of the molecule is c1csc(CCNC(C2CC2)C2CC2)n1. The van der Waals surface area contributed by atoms with E-state index in [0.29, 0.717) is 0 Å². The number of hydrogen-bond donors (Lipinski definition) is 1. The number of thiazole rings is 1. The average Bonchev–Trinajstić information content (AvgIpc) is 3.15. The van der Waals surface area contributed by atoms with Gasteiger partial charge in [0.15, 0.2) is 0 Å². The summed E-state index contributed by atoms with van der Waals surface area (Å²) in [5.41, 5.74) is 0. The summed E-state index contributed by atoms with van der Waals surface area (Å²) < 4.78 is 0. The van der Waals surface area contributed by atoms with Gasteiger partial charge in [-0.05, 0) is 37.5 Å². The number of nitrogens with one attached hydrogen (secondary N) is 1. The normalized spacial score (nSPS) is 21.1. The van der Waals surface area contributed by atoms with Gasteiger partial charge in [0.25, 0.3) is 0 Å². The van der Waals surface area contributed by atoms with Crippen LogP contribution in [0.15, 0.2) is 11.6 Å². The number of aromatic nitrogens is 1. The molecule has 0 spiro atoms. The molecular formula is C12H18N2S. The van der Waals surface area contributed by atoms with E-state index in [1.54, 1.807) is 11.3 Å². The quantitative estimate of drug-likeness (QED) is 0.800. The standard InChI is InChI=1S/C12H18N2S/c1-2-9(1)12(10-3-4-10)14-6-5-11-13-7-8-15-11/h7-10,12,14H,1-6H2. The fourth-order valence-electron chi connectivity index (χ4n) is 2.35. The van der Waals surface area contributed by atoms with Crippen LogP contribution in [0.2, 0.25) is 0 Å². The predicted molar refractivity (Wildman–Crippen MR) is 63.1 cm³/mol. The molecule has 0 saturated heterocycles. The van der Waals surface area contributed by atoms with Gasteiger partial charge >= 0.3 is 0 Å².